The molecule has 4 aromatic heterocycles. The third kappa shape index (κ3) is 8.15. The number of fused-ring (bicyclic) bond motifs is 1. The van der Waals surface area contributed by atoms with Crippen LogP contribution in [0.25, 0.3) is 28.0 Å². The topological polar surface area (TPSA) is 182 Å². The number of hydrogen-bond acceptors (Lipinski definition) is 12. The average Bonchev–Trinajstić information content (AvgIpc) is 3.95. The maximum atomic E-state index is 15.3. The number of nitrogens with zero attached hydrogens (tertiary/aromatic N) is 10. The normalized spacial score (nSPS) is 22.7. The van der Waals surface area contributed by atoms with Gasteiger partial charge in [0, 0.05) is 87.5 Å². The van der Waals surface area contributed by atoms with E-state index in [4.69, 9.17) is 15.1 Å². The Bertz CT molecular complexity index is 2590. The molecule has 10 rings (SSSR count). The minimum Gasteiger partial charge on any atom is -0.374 e. The molecule has 64 heavy (non-hydrogen) atoms. The Morgan fingerprint density at radius 1 is 0.953 bits per heavy atom. The Labute approximate surface area is 371 Å². The number of nitrogens with one attached hydrogen (secondary N) is 3. The number of nitriles is 1. The largest absolute Gasteiger partial charge is 0.374 e. The van der Waals surface area contributed by atoms with Crippen LogP contribution < -0.4 is 25.8 Å². The molecule has 0 spiro atoms. The van der Waals surface area contributed by atoms with E-state index < -0.39 is 6.04 Å². The van der Waals surface area contributed by atoms with Gasteiger partial charge in [0.2, 0.25) is 17.7 Å². The molecule has 2 saturated carbocycles. The highest BCUT2D eigenvalue weighted by Crippen LogP contribution is 2.40. The zero-order chi connectivity index (χ0) is 44.0. The van der Waals surface area contributed by atoms with E-state index in [0.717, 1.165) is 108 Å². The molecule has 2 aliphatic carbocycles. The van der Waals surface area contributed by atoms with Crippen LogP contribution in [0, 0.1) is 28.5 Å². The van der Waals surface area contributed by atoms with Crippen LogP contribution in [-0.4, -0.2) is 110 Å². The monoisotopic (exact) mass is 867 g/mol. The van der Waals surface area contributed by atoms with Crippen molar-refractivity contribution in [2.75, 3.05) is 60.9 Å². The van der Waals surface area contributed by atoms with Crippen molar-refractivity contribution < 1.29 is 18.8 Å². The lowest BCUT2D eigenvalue weighted by Gasteiger charge is -2.42. The van der Waals surface area contributed by atoms with Crippen molar-refractivity contribution in [2.45, 2.75) is 89.3 Å². The lowest BCUT2D eigenvalue weighted by molar-refractivity contribution is -0.134. The Morgan fingerprint density at radius 2 is 1.77 bits per heavy atom. The molecule has 0 unspecified atom stereocenters. The van der Waals surface area contributed by atoms with Crippen molar-refractivity contribution in [3.05, 3.63) is 72.7 Å². The van der Waals surface area contributed by atoms with Gasteiger partial charge in [-0.1, -0.05) is 6.92 Å². The average molecular weight is 868 g/mol. The minimum atomic E-state index is -0.559. The lowest BCUT2D eigenvalue weighted by Crippen LogP contribution is -2.52. The summed E-state index contributed by atoms with van der Waals surface area (Å²) in [5.41, 5.74) is 4.78. The van der Waals surface area contributed by atoms with Crippen LogP contribution in [0.1, 0.15) is 82.7 Å². The van der Waals surface area contributed by atoms with Crippen molar-refractivity contribution in [1.29, 1.82) is 5.26 Å². The second kappa shape index (κ2) is 17.3. The number of piperazine rings is 1. The van der Waals surface area contributed by atoms with Crippen LogP contribution in [0.3, 0.4) is 0 Å². The Kier molecular flexibility index (Phi) is 11.2. The highest BCUT2D eigenvalue weighted by molar-refractivity contribution is 6.01. The minimum absolute atomic E-state index is 0.210. The van der Waals surface area contributed by atoms with Gasteiger partial charge in [0.1, 0.15) is 34.8 Å². The van der Waals surface area contributed by atoms with Crippen LogP contribution in [0.2, 0.25) is 0 Å². The van der Waals surface area contributed by atoms with Gasteiger partial charge < -0.3 is 20.4 Å². The van der Waals surface area contributed by atoms with Gasteiger partial charge in [0.15, 0.2) is 0 Å². The molecule has 3 aliphatic heterocycles. The van der Waals surface area contributed by atoms with E-state index in [9.17, 15) is 19.6 Å². The van der Waals surface area contributed by atoms with Crippen molar-refractivity contribution in [2.24, 2.45) is 11.3 Å². The summed E-state index contributed by atoms with van der Waals surface area (Å²) in [6, 6.07) is 11.3. The number of anilines is 3. The van der Waals surface area contributed by atoms with E-state index in [0.29, 0.717) is 52.2 Å². The van der Waals surface area contributed by atoms with Crippen molar-refractivity contribution >= 4 is 40.4 Å². The molecule has 5 aliphatic rings. The van der Waals surface area contributed by atoms with Gasteiger partial charge in [-0.05, 0) is 94.0 Å². The molecular formula is C47H54FN13O3. The van der Waals surface area contributed by atoms with E-state index in [-0.39, 0.29) is 41.4 Å². The third-order valence-electron chi connectivity index (χ3n) is 14.5. The number of halogens is 1. The smallest absolute Gasteiger partial charge is 0.249 e. The van der Waals surface area contributed by atoms with E-state index in [1.165, 1.54) is 12.5 Å². The van der Waals surface area contributed by atoms with Gasteiger partial charge in [-0.3, -0.25) is 29.3 Å². The molecule has 17 heteroatoms. The number of carbonyl (C=O) groups is 3. The summed E-state index contributed by atoms with van der Waals surface area (Å²) in [5.74, 6) is 0.612. The first-order valence-corrected chi connectivity index (χ1v) is 22.9. The lowest BCUT2D eigenvalue weighted by atomic mass is 9.74. The molecule has 0 bridgehead atoms. The molecule has 1 atom stereocenters. The first-order chi connectivity index (χ1) is 31.1. The fourth-order valence-electron chi connectivity index (χ4n) is 10.1. The number of piperidine rings is 2. The Balaban J connectivity index is 0.743. The molecular weight excluding hydrogens is 814 g/mol. The van der Waals surface area contributed by atoms with Crippen molar-refractivity contribution in [3.8, 4) is 28.6 Å². The summed E-state index contributed by atoms with van der Waals surface area (Å²) in [6.07, 6.45) is 17.6. The van der Waals surface area contributed by atoms with Gasteiger partial charge in [-0.2, -0.15) is 15.5 Å². The summed E-state index contributed by atoms with van der Waals surface area (Å²) in [4.78, 5) is 53.7. The Morgan fingerprint density at radius 3 is 2.45 bits per heavy atom. The summed E-state index contributed by atoms with van der Waals surface area (Å²) in [5, 5.41) is 28.0. The molecule has 16 nitrogen and oxygen atoms in total. The van der Waals surface area contributed by atoms with Crippen LogP contribution >= 0.6 is 0 Å². The second-order valence-electron chi connectivity index (χ2n) is 18.4. The SMILES string of the molecule is CCC1(C(=O)NC2CCC2)CCN(c2ccc(-c3nc(-c4cnn(C5CC(CN6CCN(c7ccc(N[C@H]8CCC(=O)NC8=O)cc7F)CC6)C5)c4)cn4ncc(C#N)c34)cn2)CC1. The highest BCUT2D eigenvalue weighted by Gasteiger charge is 2.41. The molecule has 3 amide bonds. The molecule has 3 N–H and O–H groups in total. The first-order valence-electron chi connectivity index (χ1n) is 22.9. The number of hydrogen-bond donors (Lipinski definition) is 3. The van der Waals surface area contributed by atoms with E-state index in [2.05, 4.69) is 48.7 Å². The summed E-state index contributed by atoms with van der Waals surface area (Å²) in [7, 11) is 0. The fourth-order valence-corrected chi connectivity index (χ4v) is 10.1. The number of pyridine rings is 1. The first kappa shape index (κ1) is 41.6. The molecule has 3 saturated heterocycles. The summed E-state index contributed by atoms with van der Waals surface area (Å²) >= 11 is 0. The van der Waals surface area contributed by atoms with Crippen LogP contribution in [0.15, 0.2) is 61.3 Å². The zero-order valence-corrected chi connectivity index (χ0v) is 36.2. The van der Waals surface area contributed by atoms with Crippen LogP contribution in [-0.2, 0) is 14.4 Å². The molecule has 5 aromatic rings. The maximum absolute atomic E-state index is 15.3. The van der Waals surface area contributed by atoms with Crippen LogP contribution in [0.4, 0.5) is 21.6 Å². The Hall–Kier alpha value is -6.41. The number of benzene rings is 1. The number of carbonyl (C=O) groups excluding carboxylic acids is 3. The number of amides is 3. The summed E-state index contributed by atoms with van der Waals surface area (Å²) in [6.45, 7) is 7.76. The number of rotatable bonds is 12. The van der Waals surface area contributed by atoms with E-state index in [1.807, 2.05) is 41.6 Å². The molecule has 5 fully saturated rings. The highest BCUT2D eigenvalue weighted by atomic mass is 19.1. The second-order valence-corrected chi connectivity index (χ2v) is 18.4. The van der Waals surface area contributed by atoms with Gasteiger partial charge in [-0.15, -0.1) is 0 Å². The quantitative estimate of drug-likeness (QED) is 0.138. The molecule has 332 valence electrons. The number of aromatic nitrogens is 6. The summed E-state index contributed by atoms with van der Waals surface area (Å²) < 4.78 is 19.0. The van der Waals surface area contributed by atoms with Gasteiger partial charge in [-0.25, -0.2) is 18.9 Å². The maximum Gasteiger partial charge on any atom is 0.249 e. The standard InChI is InChI=1S/C47H54FN13O3/c1-2-47(46(64)54-34-4-3-5-34)12-14-59(15-13-47)41-10-6-31(24-50-41)43-44-32(23-49)25-52-61(44)29-39(55-43)33-26-51-60(28-33)36-20-30(21-36)27-57-16-18-58(19-17-57)40-9-7-35(22-37(40)48)53-38-8-11-42(62)56-45(38)63/h6-7,9-10,22,24-26,28-30,34,36,38,53H,2-5,8,11-21,27H2,1H3,(H,54,64)(H,56,62,63)/t30?,36?,38-/m0/s1. The van der Waals surface area contributed by atoms with E-state index >= 15 is 4.39 Å². The van der Waals surface area contributed by atoms with Crippen LogP contribution in [0.5, 0.6) is 0 Å². The zero-order valence-electron chi connectivity index (χ0n) is 36.2. The van der Waals surface area contributed by atoms with Crippen molar-refractivity contribution in [1.82, 2.24) is 44.9 Å². The predicted octanol–water partition coefficient (Wildman–Crippen LogP) is 5.32. The van der Waals surface area contributed by atoms with Crippen molar-refractivity contribution in [3.63, 3.8) is 0 Å². The molecule has 1 aromatic carbocycles. The van der Waals surface area contributed by atoms with Gasteiger partial charge >= 0.3 is 0 Å². The predicted molar refractivity (Wildman–Crippen MR) is 239 cm³/mol. The van der Waals surface area contributed by atoms with Gasteiger partial charge in [0.25, 0.3) is 0 Å². The number of imide groups is 1. The van der Waals surface area contributed by atoms with Gasteiger partial charge in [0.05, 0.1) is 47.1 Å². The third-order valence-corrected chi connectivity index (χ3v) is 14.5. The fraction of sp³-hybridized carbons (Fsp3) is 0.489. The molecule has 0 radical (unpaired) electrons. The van der Waals surface area contributed by atoms with E-state index in [1.54, 1.807) is 22.8 Å². The molecule has 7 heterocycles.